The normalized spacial score (nSPS) is 8.12. The molecule has 5 nitrogen and oxygen atoms in total. The number of rotatable bonds is 0. The molecule has 0 bridgehead atoms. The molecule has 0 atom stereocenters. The average Bonchev–Trinajstić information content (AvgIpc) is 2.33. The molecule has 2 aromatic rings. The first-order valence-electron chi connectivity index (χ1n) is 4.63. The van der Waals surface area contributed by atoms with Crippen LogP contribution < -0.4 is 0 Å². The van der Waals surface area contributed by atoms with Crippen LogP contribution in [0.25, 0.3) is 0 Å². The molecule has 2 rings (SSSR count). The highest BCUT2D eigenvalue weighted by Crippen LogP contribution is 2.03. The van der Waals surface area contributed by atoms with Crippen LogP contribution in [0.1, 0.15) is 0 Å². The molecule has 0 spiro atoms. The first kappa shape index (κ1) is 14.9. The van der Waals surface area contributed by atoms with Crippen LogP contribution in [0, 0.1) is 0 Å². The molecule has 0 heterocycles. The fourth-order valence-electron chi connectivity index (χ4n) is 0.856. The summed E-state index contributed by atoms with van der Waals surface area (Å²) in [6.07, 6.45) is 0. The molecule has 0 unspecified atom stereocenters. The summed E-state index contributed by atoms with van der Waals surface area (Å²) in [4.78, 5) is 0. The van der Waals surface area contributed by atoms with Crippen LogP contribution in [0.4, 0.5) is 0 Å². The molecule has 0 fully saturated rings. The van der Waals surface area contributed by atoms with E-state index in [0.29, 0.717) is 11.5 Å². The lowest BCUT2D eigenvalue weighted by atomic mass is 10.3. The van der Waals surface area contributed by atoms with Gasteiger partial charge in [-0.2, -0.15) is 0 Å². The lowest BCUT2D eigenvalue weighted by Gasteiger charge is -1.82. The van der Waals surface area contributed by atoms with Gasteiger partial charge in [-0.05, 0) is 24.3 Å². The highest BCUT2D eigenvalue weighted by molar-refractivity contribution is 5.19. The van der Waals surface area contributed by atoms with Crippen molar-refractivity contribution in [3.63, 3.8) is 0 Å². The van der Waals surface area contributed by atoms with Crippen LogP contribution in [0.5, 0.6) is 11.5 Å². The minimum absolute atomic E-state index is 0.322. The molecule has 5 heteroatoms. The Bertz CT molecular complexity index is 326. The Hall–Kier alpha value is -2.08. The number of phenolic OH excluding ortho intramolecular Hbond substituents is 2. The van der Waals surface area contributed by atoms with Crippen LogP contribution in [0.3, 0.4) is 0 Å². The largest absolute Gasteiger partial charge is 0.508 e. The molecule has 2 aromatic carbocycles. The summed E-state index contributed by atoms with van der Waals surface area (Å²) >= 11 is 0. The molecule has 17 heavy (non-hydrogen) atoms. The highest BCUT2D eigenvalue weighted by atomic mass is 17.4. The van der Waals surface area contributed by atoms with Crippen LogP contribution in [-0.4, -0.2) is 20.7 Å². The number of aromatic hydroxyl groups is 2. The molecule has 0 aliphatic rings. The smallest absolute Gasteiger partial charge is 0.115 e. The van der Waals surface area contributed by atoms with E-state index in [9.17, 15) is 0 Å². The Kier molecular flexibility index (Phi) is 9.16. The van der Waals surface area contributed by atoms with E-state index in [4.69, 9.17) is 20.7 Å². The zero-order chi connectivity index (χ0) is 12.9. The Balaban J connectivity index is 0.000000247. The van der Waals surface area contributed by atoms with Gasteiger partial charge < -0.3 is 10.2 Å². The van der Waals surface area contributed by atoms with Crippen molar-refractivity contribution in [2.75, 3.05) is 0 Å². The Labute approximate surface area is 98.6 Å². The Morgan fingerprint density at radius 2 is 0.824 bits per heavy atom. The van der Waals surface area contributed by atoms with Crippen molar-refractivity contribution >= 4 is 0 Å². The molecule has 0 radical (unpaired) electrons. The van der Waals surface area contributed by atoms with Crippen molar-refractivity contribution in [3.05, 3.63) is 60.7 Å². The predicted molar refractivity (Wildman–Crippen MR) is 62.6 cm³/mol. The summed E-state index contributed by atoms with van der Waals surface area (Å²) in [5.74, 6) is 0.644. The van der Waals surface area contributed by atoms with E-state index in [0.717, 1.165) is 0 Å². The quantitative estimate of drug-likeness (QED) is 0.418. The van der Waals surface area contributed by atoms with Gasteiger partial charge in [0.1, 0.15) is 11.5 Å². The van der Waals surface area contributed by atoms with Crippen LogP contribution in [0.15, 0.2) is 60.7 Å². The SMILES string of the molecule is OOO.Oc1ccccc1.Oc1ccccc1. The summed E-state index contributed by atoms with van der Waals surface area (Å²) in [5, 5.41) is 32.8. The summed E-state index contributed by atoms with van der Waals surface area (Å²) in [6, 6.07) is 17.4. The molecule has 4 N–H and O–H groups in total. The van der Waals surface area contributed by atoms with Gasteiger partial charge in [0.05, 0.1) is 0 Å². The molecule has 0 saturated heterocycles. The monoisotopic (exact) mass is 238 g/mol. The van der Waals surface area contributed by atoms with Crippen LogP contribution in [0.2, 0.25) is 0 Å². The number of phenols is 2. The molecular formula is C12H14O5. The van der Waals surface area contributed by atoms with Gasteiger partial charge in [0.15, 0.2) is 0 Å². The van der Waals surface area contributed by atoms with Gasteiger partial charge in [-0.3, -0.25) is 0 Å². The first-order valence-corrected chi connectivity index (χ1v) is 4.63. The van der Waals surface area contributed by atoms with Crippen molar-refractivity contribution in [2.45, 2.75) is 0 Å². The molecule has 0 aliphatic carbocycles. The van der Waals surface area contributed by atoms with Gasteiger partial charge >= 0.3 is 0 Å². The van der Waals surface area contributed by atoms with Crippen molar-refractivity contribution in [3.8, 4) is 11.5 Å². The highest BCUT2D eigenvalue weighted by Gasteiger charge is 1.75. The van der Waals surface area contributed by atoms with E-state index in [-0.39, 0.29) is 0 Å². The standard InChI is InChI=1S/2C6H6O.H2O3/c2*7-6-4-2-1-3-5-6;1-3-2/h2*1-5,7H;1-2H. The summed E-state index contributed by atoms with van der Waals surface area (Å²) < 4.78 is 0. The van der Waals surface area contributed by atoms with E-state index in [2.05, 4.69) is 5.04 Å². The number of hydrogen-bond donors (Lipinski definition) is 4. The molecule has 0 amide bonds. The zero-order valence-electron chi connectivity index (χ0n) is 8.97. The molecule has 0 aromatic heterocycles. The van der Waals surface area contributed by atoms with E-state index in [1.54, 1.807) is 48.5 Å². The van der Waals surface area contributed by atoms with Crippen molar-refractivity contribution in [1.29, 1.82) is 0 Å². The molecule has 92 valence electrons. The topological polar surface area (TPSA) is 90.2 Å². The maximum atomic E-state index is 8.63. The van der Waals surface area contributed by atoms with Gasteiger partial charge in [-0.25, -0.2) is 10.5 Å². The van der Waals surface area contributed by atoms with Crippen LogP contribution >= 0.6 is 0 Å². The van der Waals surface area contributed by atoms with E-state index >= 15 is 0 Å². The average molecular weight is 238 g/mol. The third-order valence-electron chi connectivity index (χ3n) is 1.51. The number of para-hydroxylation sites is 2. The maximum absolute atomic E-state index is 8.63. The predicted octanol–water partition coefficient (Wildman–Crippen LogP) is 2.73. The van der Waals surface area contributed by atoms with Crippen LogP contribution in [-0.2, 0) is 5.04 Å². The third-order valence-corrected chi connectivity index (χ3v) is 1.51. The van der Waals surface area contributed by atoms with Gasteiger partial charge in [0.25, 0.3) is 0 Å². The van der Waals surface area contributed by atoms with Crippen molar-refractivity contribution in [2.24, 2.45) is 0 Å². The molecule has 0 aliphatic heterocycles. The van der Waals surface area contributed by atoms with Gasteiger partial charge in [0.2, 0.25) is 0 Å². The zero-order valence-corrected chi connectivity index (χ0v) is 8.97. The van der Waals surface area contributed by atoms with Gasteiger partial charge in [0, 0.05) is 0 Å². The number of benzene rings is 2. The van der Waals surface area contributed by atoms with Gasteiger partial charge in [-0.15, -0.1) is 0 Å². The lowest BCUT2D eigenvalue weighted by Crippen LogP contribution is -1.60. The third kappa shape index (κ3) is 10.2. The maximum Gasteiger partial charge on any atom is 0.115 e. The van der Waals surface area contributed by atoms with Crippen molar-refractivity contribution in [1.82, 2.24) is 0 Å². The van der Waals surface area contributed by atoms with E-state index < -0.39 is 0 Å². The second-order valence-corrected chi connectivity index (χ2v) is 2.75. The second kappa shape index (κ2) is 10.4. The minimum Gasteiger partial charge on any atom is -0.508 e. The Morgan fingerprint density at radius 1 is 0.588 bits per heavy atom. The number of hydrogen-bond acceptors (Lipinski definition) is 5. The summed E-state index contributed by atoms with van der Waals surface area (Å²) in [7, 11) is 0. The lowest BCUT2D eigenvalue weighted by molar-refractivity contribution is -0.465. The first-order chi connectivity index (χ1) is 8.20. The fraction of sp³-hybridized carbons (Fsp3) is 0. The molecule has 0 saturated carbocycles. The minimum atomic E-state index is 0.322. The molecular weight excluding hydrogens is 224 g/mol. The van der Waals surface area contributed by atoms with E-state index in [1.807, 2.05) is 12.1 Å². The van der Waals surface area contributed by atoms with Gasteiger partial charge in [-0.1, -0.05) is 41.4 Å². The second-order valence-electron chi connectivity index (χ2n) is 2.75. The van der Waals surface area contributed by atoms with Crippen molar-refractivity contribution < 1.29 is 25.8 Å². The summed E-state index contributed by atoms with van der Waals surface area (Å²) in [5.41, 5.74) is 0. The summed E-state index contributed by atoms with van der Waals surface area (Å²) in [6.45, 7) is 0. The fourth-order valence-corrected chi connectivity index (χ4v) is 0.856. The van der Waals surface area contributed by atoms with E-state index in [1.165, 1.54) is 0 Å². The Morgan fingerprint density at radius 3 is 0.941 bits per heavy atom.